The molecular formula is C11H16KN3. The van der Waals surface area contributed by atoms with Crippen molar-refractivity contribution in [1.29, 1.82) is 0 Å². The van der Waals surface area contributed by atoms with E-state index in [0.29, 0.717) is 5.92 Å². The van der Waals surface area contributed by atoms with E-state index in [4.69, 9.17) is 0 Å². The van der Waals surface area contributed by atoms with Crippen molar-refractivity contribution in [1.82, 2.24) is 15.0 Å². The molecule has 15 heavy (non-hydrogen) atoms. The minimum absolute atomic E-state index is 0. The van der Waals surface area contributed by atoms with Gasteiger partial charge in [-0.3, -0.25) is 0 Å². The summed E-state index contributed by atoms with van der Waals surface area (Å²) in [4.78, 5) is 0. The zero-order valence-electron chi connectivity index (χ0n) is 9.82. The van der Waals surface area contributed by atoms with Gasteiger partial charge in [0.1, 0.15) is 0 Å². The topological polar surface area (TPSA) is 30.7 Å². The standard InChI is InChI=1S/C11H16N3.K/c1-10(2)7-5-4-6-8-11-9-14(3)13-12-11;/h9-10H,3-4,6,8H2,1-2H3;/q-1;+1. The van der Waals surface area contributed by atoms with Crippen molar-refractivity contribution in [3.05, 3.63) is 18.9 Å². The predicted molar refractivity (Wildman–Crippen MR) is 56.3 cm³/mol. The number of hydrogen-bond acceptors (Lipinski definition) is 2. The van der Waals surface area contributed by atoms with Crippen LogP contribution in [0, 0.1) is 24.8 Å². The van der Waals surface area contributed by atoms with E-state index in [1.165, 1.54) is 4.68 Å². The molecule has 1 rings (SSSR count). The van der Waals surface area contributed by atoms with E-state index in [0.717, 1.165) is 25.0 Å². The van der Waals surface area contributed by atoms with Crippen LogP contribution in [0.15, 0.2) is 6.20 Å². The average Bonchev–Trinajstić information content (AvgIpc) is 2.50. The second-order valence-electron chi connectivity index (χ2n) is 3.58. The molecule has 0 bridgehead atoms. The van der Waals surface area contributed by atoms with Crippen LogP contribution in [0.4, 0.5) is 0 Å². The van der Waals surface area contributed by atoms with Gasteiger partial charge in [-0.15, -0.1) is 17.1 Å². The zero-order chi connectivity index (χ0) is 10.4. The van der Waals surface area contributed by atoms with Crippen LogP contribution in [0.3, 0.4) is 0 Å². The molecule has 0 N–H and O–H groups in total. The quantitative estimate of drug-likeness (QED) is 0.285. The maximum atomic E-state index is 3.95. The third kappa shape index (κ3) is 7.15. The molecule has 4 heteroatoms. The van der Waals surface area contributed by atoms with Crippen LogP contribution in [-0.2, 0) is 6.42 Å². The first-order valence-corrected chi connectivity index (χ1v) is 4.89. The van der Waals surface area contributed by atoms with E-state index in [2.05, 4.69) is 43.0 Å². The van der Waals surface area contributed by atoms with Gasteiger partial charge < -0.3 is 4.68 Å². The van der Waals surface area contributed by atoms with E-state index in [-0.39, 0.29) is 51.4 Å². The van der Waals surface area contributed by atoms with Gasteiger partial charge in [-0.1, -0.05) is 20.0 Å². The molecule has 0 aliphatic heterocycles. The molecule has 0 aliphatic carbocycles. The fourth-order valence-corrected chi connectivity index (χ4v) is 1.09. The van der Waals surface area contributed by atoms with E-state index in [1.54, 1.807) is 0 Å². The van der Waals surface area contributed by atoms with Crippen molar-refractivity contribution in [2.45, 2.75) is 33.1 Å². The number of unbranched alkanes of at least 4 members (excludes halogenated alkanes) is 1. The molecule has 0 radical (unpaired) electrons. The summed E-state index contributed by atoms with van der Waals surface area (Å²) < 4.78 is 1.48. The van der Waals surface area contributed by atoms with Crippen LogP contribution in [0.25, 0.3) is 0 Å². The minimum atomic E-state index is 0. The SMILES string of the molecule is [CH2-]n1cc(CCCC#CC(C)C)nn1.[K+]. The summed E-state index contributed by atoms with van der Waals surface area (Å²) in [5, 5.41) is 7.71. The first-order valence-electron chi connectivity index (χ1n) is 4.89. The summed E-state index contributed by atoms with van der Waals surface area (Å²) >= 11 is 0. The van der Waals surface area contributed by atoms with Crippen LogP contribution in [0.5, 0.6) is 0 Å². The van der Waals surface area contributed by atoms with Crippen LogP contribution < -0.4 is 51.4 Å². The largest absolute Gasteiger partial charge is 1.00 e. The van der Waals surface area contributed by atoms with Gasteiger partial charge in [-0.25, -0.2) is 0 Å². The molecule has 0 aromatic carbocycles. The second kappa shape index (κ2) is 8.37. The van der Waals surface area contributed by atoms with Crippen LogP contribution in [-0.4, -0.2) is 15.0 Å². The molecular weight excluding hydrogens is 213 g/mol. The molecule has 0 unspecified atom stereocenters. The molecule has 0 amide bonds. The van der Waals surface area contributed by atoms with Gasteiger partial charge in [0.2, 0.25) is 0 Å². The number of aryl methyl sites for hydroxylation is 1. The number of aromatic nitrogens is 3. The maximum Gasteiger partial charge on any atom is 1.00 e. The normalized spacial score (nSPS) is 9.27. The molecule has 0 atom stereocenters. The summed E-state index contributed by atoms with van der Waals surface area (Å²) in [5.74, 6) is 6.74. The molecule has 0 saturated carbocycles. The first kappa shape index (κ1) is 15.2. The molecule has 0 spiro atoms. The number of rotatable bonds is 3. The van der Waals surface area contributed by atoms with Crippen LogP contribution >= 0.6 is 0 Å². The Kier molecular flexibility index (Phi) is 8.48. The number of nitrogens with zero attached hydrogens (tertiary/aromatic N) is 3. The van der Waals surface area contributed by atoms with Crippen molar-refractivity contribution >= 4 is 0 Å². The molecule has 1 heterocycles. The summed E-state index contributed by atoms with van der Waals surface area (Å²) in [5.41, 5.74) is 0.992. The third-order valence-corrected chi connectivity index (χ3v) is 1.71. The van der Waals surface area contributed by atoms with Gasteiger partial charge >= 0.3 is 51.4 Å². The smallest absolute Gasteiger partial charge is 0.388 e. The molecule has 3 nitrogen and oxygen atoms in total. The van der Waals surface area contributed by atoms with Crippen molar-refractivity contribution in [3.8, 4) is 11.8 Å². The van der Waals surface area contributed by atoms with E-state index in [1.807, 2.05) is 6.20 Å². The molecule has 0 aliphatic rings. The molecule has 1 aromatic heterocycles. The Labute approximate surface area is 134 Å². The predicted octanol–water partition coefficient (Wildman–Crippen LogP) is -1.10. The molecule has 1 aromatic rings. The van der Waals surface area contributed by atoms with Crippen molar-refractivity contribution in [2.24, 2.45) is 5.92 Å². The van der Waals surface area contributed by atoms with Crippen molar-refractivity contribution in [3.63, 3.8) is 0 Å². The fraction of sp³-hybridized carbons (Fsp3) is 0.545. The van der Waals surface area contributed by atoms with Crippen molar-refractivity contribution < 1.29 is 51.4 Å². The summed E-state index contributed by atoms with van der Waals surface area (Å²) in [6, 6.07) is 0. The summed E-state index contributed by atoms with van der Waals surface area (Å²) in [6.45, 7) is 4.20. The Morgan fingerprint density at radius 2 is 2.27 bits per heavy atom. The van der Waals surface area contributed by atoms with Gasteiger partial charge in [0.25, 0.3) is 0 Å². The van der Waals surface area contributed by atoms with Gasteiger partial charge in [0, 0.05) is 18.0 Å². The Hall–Kier alpha value is 0.206. The molecule has 0 fully saturated rings. The first-order chi connectivity index (χ1) is 6.68. The summed E-state index contributed by atoms with van der Waals surface area (Å²) in [7, 11) is 3.62. The Balaban J connectivity index is 0.00000196. The Morgan fingerprint density at radius 3 is 2.80 bits per heavy atom. The monoisotopic (exact) mass is 229 g/mol. The van der Waals surface area contributed by atoms with E-state index < -0.39 is 0 Å². The van der Waals surface area contributed by atoms with Gasteiger partial charge in [-0.2, -0.15) is 12.1 Å². The molecule has 0 saturated heterocycles. The van der Waals surface area contributed by atoms with Gasteiger partial charge in [0.05, 0.1) is 0 Å². The summed E-state index contributed by atoms with van der Waals surface area (Å²) in [6.07, 6.45) is 4.75. The van der Waals surface area contributed by atoms with Crippen LogP contribution in [0.1, 0.15) is 32.4 Å². The van der Waals surface area contributed by atoms with Gasteiger partial charge in [-0.05, 0) is 12.8 Å². The fourth-order valence-electron chi connectivity index (χ4n) is 1.09. The van der Waals surface area contributed by atoms with E-state index in [9.17, 15) is 0 Å². The van der Waals surface area contributed by atoms with Crippen LogP contribution in [0.2, 0.25) is 0 Å². The maximum absolute atomic E-state index is 3.95. The Morgan fingerprint density at radius 1 is 1.53 bits per heavy atom. The third-order valence-electron chi connectivity index (χ3n) is 1.71. The minimum Gasteiger partial charge on any atom is -0.388 e. The van der Waals surface area contributed by atoms with Gasteiger partial charge in [0.15, 0.2) is 0 Å². The average molecular weight is 229 g/mol. The van der Waals surface area contributed by atoms with Crippen molar-refractivity contribution in [2.75, 3.05) is 0 Å². The number of hydrogen-bond donors (Lipinski definition) is 0. The zero-order valence-corrected chi connectivity index (χ0v) is 12.9. The Bertz CT molecular complexity index is 333. The van der Waals surface area contributed by atoms with E-state index >= 15 is 0 Å². The second-order valence-corrected chi connectivity index (χ2v) is 3.58. The molecule has 76 valence electrons.